The number of hydrogen-bond acceptors (Lipinski definition) is 3. The average Bonchev–Trinajstić information content (AvgIpc) is 2.28. The van der Waals surface area contributed by atoms with E-state index in [0.717, 1.165) is 19.3 Å². The topological polar surface area (TPSA) is 64.3 Å². The number of ether oxygens (including phenoxy) is 1. The predicted octanol–water partition coefficient (Wildman–Crippen LogP) is 1.29. The quantitative estimate of drug-likeness (QED) is 0.763. The van der Waals surface area contributed by atoms with Crippen LogP contribution in [0.15, 0.2) is 0 Å². The molecule has 0 aliphatic heterocycles. The first kappa shape index (κ1) is 14.5. The normalized spacial score (nSPS) is 25.6. The Labute approximate surface area is 104 Å². The van der Waals surface area contributed by atoms with E-state index in [-0.39, 0.29) is 17.4 Å². The number of amides is 1. The molecule has 1 aliphatic rings. The minimum atomic E-state index is -0.290. The van der Waals surface area contributed by atoms with Crippen LogP contribution in [0.2, 0.25) is 0 Å². The molecule has 1 saturated carbocycles. The van der Waals surface area contributed by atoms with Crippen LogP contribution in [0.25, 0.3) is 0 Å². The molecule has 2 unspecified atom stereocenters. The molecule has 1 aliphatic carbocycles. The lowest BCUT2D eigenvalue weighted by molar-refractivity contribution is -0.128. The molecule has 1 amide bonds. The van der Waals surface area contributed by atoms with E-state index in [1.165, 1.54) is 6.42 Å². The Hall–Kier alpha value is -0.610. The summed E-state index contributed by atoms with van der Waals surface area (Å²) < 4.78 is 5.10. The van der Waals surface area contributed by atoms with E-state index in [1.807, 2.05) is 13.8 Å². The molecule has 1 rings (SSSR count). The molecule has 1 fully saturated rings. The van der Waals surface area contributed by atoms with Crippen LogP contribution in [0.5, 0.6) is 0 Å². The molecule has 0 saturated heterocycles. The van der Waals surface area contributed by atoms with Gasteiger partial charge in [0.25, 0.3) is 0 Å². The molecule has 4 nitrogen and oxygen atoms in total. The summed E-state index contributed by atoms with van der Waals surface area (Å²) in [5.74, 6) is 0.809. The lowest BCUT2D eigenvalue weighted by Gasteiger charge is -2.32. The third kappa shape index (κ3) is 4.64. The Balaban J connectivity index is 2.46. The van der Waals surface area contributed by atoms with Crippen molar-refractivity contribution in [2.45, 2.75) is 45.1 Å². The third-order valence-electron chi connectivity index (χ3n) is 3.45. The number of methoxy groups -OCH3 is 1. The van der Waals surface area contributed by atoms with E-state index >= 15 is 0 Å². The van der Waals surface area contributed by atoms with E-state index in [1.54, 1.807) is 7.11 Å². The average molecular weight is 242 g/mol. The molecule has 0 radical (unpaired) electrons. The highest BCUT2D eigenvalue weighted by atomic mass is 16.5. The van der Waals surface area contributed by atoms with Crippen molar-refractivity contribution in [3.63, 3.8) is 0 Å². The van der Waals surface area contributed by atoms with Gasteiger partial charge in [0.2, 0.25) is 5.91 Å². The molecule has 17 heavy (non-hydrogen) atoms. The summed E-state index contributed by atoms with van der Waals surface area (Å²) in [7, 11) is 1.65. The first-order valence-corrected chi connectivity index (χ1v) is 6.49. The van der Waals surface area contributed by atoms with Gasteiger partial charge in [-0.2, -0.15) is 0 Å². The number of rotatable bonds is 5. The minimum absolute atomic E-state index is 0.133. The van der Waals surface area contributed by atoms with Crippen molar-refractivity contribution in [2.24, 2.45) is 17.6 Å². The van der Waals surface area contributed by atoms with Crippen molar-refractivity contribution in [3.05, 3.63) is 0 Å². The van der Waals surface area contributed by atoms with Crippen LogP contribution in [0.1, 0.15) is 39.5 Å². The predicted molar refractivity (Wildman–Crippen MR) is 68.6 cm³/mol. The van der Waals surface area contributed by atoms with Crippen molar-refractivity contribution in [1.82, 2.24) is 5.32 Å². The third-order valence-corrected chi connectivity index (χ3v) is 3.45. The van der Waals surface area contributed by atoms with Crippen LogP contribution in [-0.2, 0) is 9.53 Å². The maximum Gasteiger partial charge on any atom is 0.223 e. The van der Waals surface area contributed by atoms with E-state index in [0.29, 0.717) is 19.1 Å². The van der Waals surface area contributed by atoms with Crippen LogP contribution in [-0.4, -0.2) is 31.7 Å². The summed E-state index contributed by atoms with van der Waals surface area (Å²) in [6.45, 7) is 5.20. The lowest BCUT2D eigenvalue weighted by Crippen LogP contribution is -2.49. The van der Waals surface area contributed by atoms with Crippen LogP contribution < -0.4 is 11.1 Å². The Bertz CT molecular complexity index is 254. The van der Waals surface area contributed by atoms with E-state index < -0.39 is 0 Å². The number of nitrogens with one attached hydrogen (secondary N) is 1. The van der Waals surface area contributed by atoms with E-state index in [9.17, 15) is 4.79 Å². The Morgan fingerprint density at radius 1 is 1.47 bits per heavy atom. The fourth-order valence-corrected chi connectivity index (χ4v) is 2.58. The second kappa shape index (κ2) is 6.36. The van der Waals surface area contributed by atoms with Gasteiger partial charge in [0.1, 0.15) is 0 Å². The van der Waals surface area contributed by atoms with Gasteiger partial charge in [-0.3, -0.25) is 4.79 Å². The summed E-state index contributed by atoms with van der Waals surface area (Å²) in [6.07, 6.45) is 4.21. The molecule has 0 heterocycles. The van der Waals surface area contributed by atoms with Gasteiger partial charge in [0.15, 0.2) is 0 Å². The smallest absolute Gasteiger partial charge is 0.223 e. The summed E-state index contributed by atoms with van der Waals surface area (Å²) in [5, 5.41) is 3.07. The minimum Gasteiger partial charge on any atom is -0.382 e. The first-order valence-electron chi connectivity index (χ1n) is 6.49. The Kier molecular flexibility index (Phi) is 5.40. The molecule has 0 aromatic heterocycles. The summed E-state index contributed by atoms with van der Waals surface area (Å²) >= 11 is 0. The second-order valence-corrected chi connectivity index (χ2v) is 5.77. The molecule has 0 bridgehead atoms. The lowest BCUT2D eigenvalue weighted by atomic mass is 9.80. The SMILES string of the molecule is COCC(C)(C)NC(=O)C1CCCC(CN)C1. The van der Waals surface area contributed by atoms with Gasteiger partial charge < -0.3 is 15.8 Å². The van der Waals surface area contributed by atoms with Crippen molar-refractivity contribution in [3.8, 4) is 0 Å². The standard InChI is InChI=1S/C13H26N2O2/c1-13(2,9-17-3)15-12(16)11-6-4-5-10(7-11)8-14/h10-11H,4-9,14H2,1-3H3,(H,15,16). The molecule has 3 N–H and O–H groups in total. The van der Waals surface area contributed by atoms with Crippen molar-refractivity contribution in [1.29, 1.82) is 0 Å². The molecule has 4 heteroatoms. The number of carbonyl (C=O) groups is 1. The van der Waals surface area contributed by atoms with Crippen molar-refractivity contribution in [2.75, 3.05) is 20.3 Å². The maximum absolute atomic E-state index is 12.1. The van der Waals surface area contributed by atoms with Gasteiger partial charge in [0, 0.05) is 13.0 Å². The van der Waals surface area contributed by atoms with Gasteiger partial charge in [-0.1, -0.05) is 6.42 Å². The fourth-order valence-electron chi connectivity index (χ4n) is 2.58. The molecule has 0 aromatic carbocycles. The van der Waals surface area contributed by atoms with Gasteiger partial charge in [0.05, 0.1) is 12.1 Å². The molecule has 0 aromatic rings. The van der Waals surface area contributed by atoms with Crippen molar-refractivity contribution >= 4 is 5.91 Å². The molecular weight excluding hydrogens is 216 g/mol. The zero-order chi connectivity index (χ0) is 12.9. The van der Waals surface area contributed by atoms with Crippen LogP contribution in [0.3, 0.4) is 0 Å². The molecule has 0 spiro atoms. The van der Waals surface area contributed by atoms with Gasteiger partial charge in [-0.15, -0.1) is 0 Å². The van der Waals surface area contributed by atoms with Gasteiger partial charge in [-0.05, 0) is 45.6 Å². The van der Waals surface area contributed by atoms with Gasteiger partial charge in [-0.25, -0.2) is 0 Å². The fraction of sp³-hybridized carbons (Fsp3) is 0.923. The molecule has 2 atom stereocenters. The van der Waals surface area contributed by atoms with E-state index in [4.69, 9.17) is 10.5 Å². The van der Waals surface area contributed by atoms with Crippen molar-refractivity contribution < 1.29 is 9.53 Å². The molecule has 100 valence electrons. The number of nitrogens with two attached hydrogens (primary N) is 1. The van der Waals surface area contributed by atoms with Crippen LogP contribution >= 0.6 is 0 Å². The zero-order valence-electron chi connectivity index (χ0n) is 11.3. The second-order valence-electron chi connectivity index (χ2n) is 5.77. The number of carbonyl (C=O) groups excluding carboxylic acids is 1. The maximum atomic E-state index is 12.1. The van der Waals surface area contributed by atoms with Crippen LogP contribution in [0.4, 0.5) is 0 Å². The Morgan fingerprint density at radius 2 is 2.18 bits per heavy atom. The summed E-state index contributed by atoms with van der Waals surface area (Å²) in [4.78, 5) is 12.1. The van der Waals surface area contributed by atoms with Gasteiger partial charge >= 0.3 is 0 Å². The largest absolute Gasteiger partial charge is 0.382 e. The number of hydrogen-bond donors (Lipinski definition) is 2. The zero-order valence-corrected chi connectivity index (χ0v) is 11.3. The highest BCUT2D eigenvalue weighted by Gasteiger charge is 2.29. The molecular formula is C13H26N2O2. The van der Waals surface area contributed by atoms with E-state index in [2.05, 4.69) is 5.32 Å². The Morgan fingerprint density at radius 3 is 2.76 bits per heavy atom. The monoisotopic (exact) mass is 242 g/mol. The highest BCUT2D eigenvalue weighted by Crippen LogP contribution is 2.28. The summed E-state index contributed by atoms with van der Waals surface area (Å²) in [5.41, 5.74) is 5.40. The van der Waals surface area contributed by atoms with Crippen LogP contribution in [0, 0.1) is 11.8 Å². The first-order chi connectivity index (χ1) is 7.98. The highest BCUT2D eigenvalue weighted by molar-refractivity contribution is 5.79. The summed E-state index contributed by atoms with van der Waals surface area (Å²) in [6, 6.07) is 0.